The monoisotopic (exact) mass is 295 g/mol. The zero-order valence-electron chi connectivity index (χ0n) is 12.0. The summed E-state index contributed by atoms with van der Waals surface area (Å²) in [5.74, 6) is -1.05. The van der Waals surface area contributed by atoms with E-state index in [1.807, 2.05) is 0 Å². The van der Waals surface area contributed by atoms with Crippen molar-refractivity contribution in [1.29, 1.82) is 0 Å². The summed E-state index contributed by atoms with van der Waals surface area (Å²) in [7, 11) is 1.20. The number of nitrogens with two attached hydrogens (primary N) is 1. The molecule has 8 nitrogen and oxygen atoms in total. The van der Waals surface area contributed by atoms with E-state index in [9.17, 15) is 19.7 Å². The molecular weight excluding hydrogens is 278 g/mol. The van der Waals surface area contributed by atoms with Crippen LogP contribution in [0.5, 0.6) is 0 Å². The van der Waals surface area contributed by atoms with Gasteiger partial charge in [-0.2, -0.15) is 0 Å². The van der Waals surface area contributed by atoms with Crippen molar-refractivity contribution < 1.29 is 19.2 Å². The van der Waals surface area contributed by atoms with Gasteiger partial charge in [-0.05, 0) is 18.6 Å². The topological polar surface area (TPSA) is 125 Å². The van der Waals surface area contributed by atoms with Gasteiger partial charge in [-0.15, -0.1) is 0 Å². The fourth-order valence-corrected chi connectivity index (χ4v) is 2.05. The molecule has 0 bridgehead atoms. The maximum Gasteiger partial charge on any atom is 0.331 e. The third-order valence-corrected chi connectivity index (χ3v) is 2.94. The minimum Gasteiger partial charge on any atom is -0.467 e. The Labute approximate surface area is 121 Å². The molecule has 21 heavy (non-hydrogen) atoms. The minimum atomic E-state index is -1.31. The number of amides is 1. The average molecular weight is 295 g/mol. The van der Waals surface area contributed by atoms with Gasteiger partial charge in [0.25, 0.3) is 5.69 Å². The number of carbonyl (C=O) groups is 2. The van der Waals surface area contributed by atoms with Crippen molar-refractivity contribution in [3.8, 4) is 0 Å². The highest BCUT2D eigenvalue weighted by Crippen LogP contribution is 2.25. The van der Waals surface area contributed by atoms with Crippen molar-refractivity contribution >= 4 is 23.3 Å². The van der Waals surface area contributed by atoms with Crippen molar-refractivity contribution in [2.24, 2.45) is 0 Å². The molecule has 0 saturated carbocycles. The average Bonchev–Trinajstić information content (AvgIpc) is 2.38. The lowest BCUT2D eigenvalue weighted by Gasteiger charge is -2.27. The molecule has 0 unspecified atom stereocenters. The minimum absolute atomic E-state index is 0.0306. The Hall–Kier alpha value is -2.64. The van der Waals surface area contributed by atoms with Crippen LogP contribution in [-0.4, -0.2) is 29.4 Å². The zero-order valence-corrected chi connectivity index (χ0v) is 12.0. The predicted molar refractivity (Wildman–Crippen MR) is 75.5 cm³/mol. The van der Waals surface area contributed by atoms with Gasteiger partial charge in [-0.3, -0.25) is 14.9 Å². The number of esters is 1. The summed E-state index contributed by atoms with van der Waals surface area (Å²) in [6.45, 7) is 2.76. The van der Waals surface area contributed by atoms with E-state index in [-0.39, 0.29) is 17.8 Å². The van der Waals surface area contributed by atoms with E-state index in [1.165, 1.54) is 33.1 Å². The first kappa shape index (κ1) is 16.4. The second-order valence-corrected chi connectivity index (χ2v) is 4.83. The Balaban J connectivity index is 3.15. The Morgan fingerprint density at radius 2 is 2.10 bits per heavy atom. The molecule has 0 aliphatic rings. The molecule has 0 radical (unpaired) electrons. The SMILES string of the molecule is COC(=O)[C@](C)(Cc1ccc(N)c([N+](=O)[O-])c1)NC(C)=O. The van der Waals surface area contributed by atoms with E-state index in [4.69, 9.17) is 5.73 Å². The molecule has 1 aromatic rings. The van der Waals surface area contributed by atoms with Crippen LogP contribution in [0.25, 0.3) is 0 Å². The van der Waals surface area contributed by atoms with Crippen molar-refractivity contribution in [1.82, 2.24) is 5.32 Å². The Morgan fingerprint density at radius 1 is 1.48 bits per heavy atom. The highest BCUT2D eigenvalue weighted by molar-refractivity contribution is 5.87. The number of rotatable bonds is 5. The normalized spacial score (nSPS) is 13.1. The number of carbonyl (C=O) groups excluding carboxylic acids is 2. The number of benzene rings is 1. The van der Waals surface area contributed by atoms with E-state index < -0.39 is 22.3 Å². The number of ether oxygens (including phenoxy) is 1. The van der Waals surface area contributed by atoms with Crippen LogP contribution in [0.15, 0.2) is 18.2 Å². The van der Waals surface area contributed by atoms with Crippen LogP contribution >= 0.6 is 0 Å². The summed E-state index contributed by atoms with van der Waals surface area (Å²) in [5.41, 5.74) is 4.47. The fraction of sp³-hybridized carbons (Fsp3) is 0.385. The van der Waals surface area contributed by atoms with Gasteiger partial charge in [-0.1, -0.05) is 6.07 Å². The lowest BCUT2D eigenvalue weighted by Crippen LogP contribution is -2.53. The molecule has 0 aliphatic carbocycles. The fourth-order valence-electron chi connectivity index (χ4n) is 2.05. The second kappa shape index (κ2) is 6.21. The number of nitro benzene ring substituents is 1. The van der Waals surface area contributed by atoms with Crippen molar-refractivity contribution in [3.63, 3.8) is 0 Å². The third kappa shape index (κ3) is 3.91. The first-order valence-electron chi connectivity index (χ1n) is 6.09. The van der Waals surface area contributed by atoms with Gasteiger partial charge in [0.1, 0.15) is 11.2 Å². The first-order chi connectivity index (χ1) is 9.69. The van der Waals surface area contributed by atoms with Crippen LogP contribution < -0.4 is 11.1 Å². The molecule has 1 amide bonds. The first-order valence-corrected chi connectivity index (χ1v) is 6.09. The molecule has 0 heterocycles. The lowest BCUT2D eigenvalue weighted by atomic mass is 9.92. The maximum atomic E-state index is 11.9. The number of nitrogens with one attached hydrogen (secondary N) is 1. The molecule has 1 rings (SSSR count). The quantitative estimate of drug-likeness (QED) is 0.358. The smallest absolute Gasteiger partial charge is 0.331 e. The van der Waals surface area contributed by atoms with Crippen molar-refractivity contribution in [2.75, 3.05) is 12.8 Å². The van der Waals surface area contributed by atoms with Gasteiger partial charge in [0.2, 0.25) is 5.91 Å². The molecule has 0 spiro atoms. The summed E-state index contributed by atoms with van der Waals surface area (Å²) in [6.07, 6.45) is 0.0420. The lowest BCUT2D eigenvalue weighted by molar-refractivity contribution is -0.384. The van der Waals surface area contributed by atoms with Crippen LogP contribution in [-0.2, 0) is 20.7 Å². The second-order valence-electron chi connectivity index (χ2n) is 4.83. The standard InChI is InChI=1S/C13H17N3O5/c1-8(17)15-13(2,12(18)21-3)7-9-4-5-10(14)11(6-9)16(19)20/h4-6H,7,14H2,1-3H3,(H,15,17)/t13-/m0/s1. The van der Waals surface area contributed by atoms with E-state index in [0.717, 1.165) is 0 Å². The van der Waals surface area contributed by atoms with Gasteiger partial charge in [-0.25, -0.2) is 4.79 Å². The summed E-state index contributed by atoms with van der Waals surface area (Å²) in [4.78, 5) is 33.4. The Kier molecular flexibility index (Phi) is 4.85. The van der Waals surface area contributed by atoms with E-state index >= 15 is 0 Å². The largest absolute Gasteiger partial charge is 0.467 e. The van der Waals surface area contributed by atoms with Gasteiger partial charge >= 0.3 is 5.97 Å². The molecule has 0 aromatic heterocycles. The Morgan fingerprint density at radius 3 is 2.57 bits per heavy atom. The van der Waals surface area contributed by atoms with Crippen molar-refractivity contribution in [2.45, 2.75) is 25.8 Å². The Bertz CT molecular complexity index is 587. The number of nitrogens with zero attached hydrogens (tertiary/aromatic N) is 1. The number of hydrogen-bond acceptors (Lipinski definition) is 6. The summed E-state index contributed by atoms with van der Waals surface area (Å²) >= 11 is 0. The van der Waals surface area contributed by atoms with Crippen molar-refractivity contribution in [3.05, 3.63) is 33.9 Å². The highest BCUT2D eigenvalue weighted by Gasteiger charge is 2.36. The van der Waals surface area contributed by atoms with Gasteiger partial charge in [0.05, 0.1) is 12.0 Å². The molecule has 0 fully saturated rings. The number of nitrogen functional groups attached to an aromatic ring is 1. The van der Waals surface area contributed by atoms with Crippen LogP contribution in [0.4, 0.5) is 11.4 Å². The van der Waals surface area contributed by atoms with Crippen LogP contribution in [0.2, 0.25) is 0 Å². The van der Waals surface area contributed by atoms with E-state index in [1.54, 1.807) is 6.07 Å². The molecule has 0 aliphatic heterocycles. The van der Waals surface area contributed by atoms with Gasteiger partial charge in [0, 0.05) is 19.4 Å². The number of nitro groups is 1. The van der Waals surface area contributed by atoms with Gasteiger partial charge < -0.3 is 15.8 Å². The highest BCUT2D eigenvalue weighted by atomic mass is 16.6. The summed E-state index contributed by atoms with van der Waals surface area (Å²) in [6, 6.07) is 4.22. The molecule has 114 valence electrons. The molecule has 8 heteroatoms. The summed E-state index contributed by atoms with van der Waals surface area (Å²) in [5, 5.41) is 13.4. The molecule has 0 saturated heterocycles. The zero-order chi connectivity index (χ0) is 16.2. The third-order valence-electron chi connectivity index (χ3n) is 2.94. The summed E-state index contributed by atoms with van der Waals surface area (Å²) < 4.78 is 4.68. The number of hydrogen-bond donors (Lipinski definition) is 2. The molecule has 1 atom stereocenters. The van der Waals surface area contributed by atoms with Crippen LogP contribution in [0.3, 0.4) is 0 Å². The molecule has 3 N–H and O–H groups in total. The van der Waals surface area contributed by atoms with E-state index in [0.29, 0.717) is 5.56 Å². The van der Waals surface area contributed by atoms with E-state index in [2.05, 4.69) is 10.1 Å². The number of anilines is 1. The van der Waals surface area contributed by atoms with Gasteiger partial charge in [0.15, 0.2) is 0 Å². The maximum absolute atomic E-state index is 11.9. The number of methoxy groups -OCH3 is 1. The predicted octanol–water partition coefficient (Wildman–Crippen LogP) is 0.787. The van der Waals surface area contributed by atoms with Crippen LogP contribution in [0.1, 0.15) is 19.4 Å². The van der Waals surface area contributed by atoms with Crippen LogP contribution in [0, 0.1) is 10.1 Å². The molecular formula is C13H17N3O5. The molecule has 1 aromatic carbocycles.